The van der Waals surface area contributed by atoms with Crippen LogP contribution in [0, 0.1) is 5.92 Å². The summed E-state index contributed by atoms with van der Waals surface area (Å²) < 4.78 is 5.76. The van der Waals surface area contributed by atoms with Gasteiger partial charge < -0.3 is 9.84 Å². The number of carboxylic acid groups (broad SMARTS) is 1. The fourth-order valence-electron chi connectivity index (χ4n) is 2.45. The van der Waals surface area contributed by atoms with Crippen LogP contribution in [-0.4, -0.2) is 42.2 Å². The van der Waals surface area contributed by atoms with Crippen LogP contribution in [0.3, 0.4) is 0 Å². The van der Waals surface area contributed by atoms with Crippen molar-refractivity contribution in [1.82, 2.24) is 4.90 Å². The van der Waals surface area contributed by atoms with E-state index in [-0.39, 0.29) is 0 Å². The zero-order valence-electron chi connectivity index (χ0n) is 12.5. The van der Waals surface area contributed by atoms with Gasteiger partial charge in [0.05, 0.1) is 0 Å². The molecule has 1 saturated heterocycles. The average Bonchev–Trinajstić information content (AvgIpc) is 2.48. The molecular formula is C17H23NO3. The molecule has 0 bridgehead atoms. The van der Waals surface area contributed by atoms with Crippen molar-refractivity contribution < 1.29 is 14.6 Å². The fraction of sp³-hybridized carbons (Fsp3) is 0.471. The van der Waals surface area contributed by atoms with Gasteiger partial charge in [-0.15, -0.1) is 0 Å². The van der Waals surface area contributed by atoms with E-state index in [0.717, 1.165) is 42.9 Å². The molecule has 0 unspecified atom stereocenters. The van der Waals surface area contributed by atoms with Gasteiger partial charge in [0.15, 0.2) is 0 Å². The fourth-order valence-corrected chi connectivity index (χ4v) is 2.45. The van der Waals surface area contributed by atoms with Crippen LogP contribution in [0.1, 0.15) is 25.3 Å². The first-order valence-corrected chi connectivity index (χ1v) is 7.50. The number of ether oxygens (including phenoxy) is 1. The SMILES string of the molecule is CC1CCN(CCOc2cccc(C=CC(=O)O)c2)CC1. The molecular weight excluding hydrogens is 266 g/mol. The largest absolute Gasteiger partial charge is 0.492 e. The molecule has 1 aromatic carbocycles. The van der Waals surface area contributed by atoms with Crippen LogP contribution >= 0.6 is 0 Å². The molecule has 0 aromatic heterocycles. The van der Waals surface area contributed by atoms with Crippen LogP contribution in [0.2, 0.25) is 0 Å². The minimum Gasteiger partial charge on any atom is -0.492 e. The topological polar surface area (TPSA) is 49.8 Å². The first kappa shape index (κ1) is 15.6. The Kier molecular flexibility index (Phi) is 5.81. The van der Waals surface area contributed by atoms with E-state index in [2.05, 4.69) is 11.8 Å². The van der Waals surface area contributed by atoms with E-state index < -0.39 is 5.97 Å². The number of nitrogens with zero attached hydrogens (tertiary/aromatic N) is 1. The minimum absolute atomic E-state index is 0.667. The number of carbonyl (C=O) groups is 1. The van der Waals surface area contributed by atoms with Crippen molar-refractivity contribution in [2.45, 2.75) is 19.8 Å². The molecule has 1 heterocycles. The van der Waals surface area contributed by atoms with Gasteiger partial charge in [0.1, 0.15) is 12.4 Å². The van der Waals surface area contributed by atoms with Crippen molar-refractivity contribution in [1.29, 1.82) is 0 Å². The maximum atomic E-state index is 10.5. The van der Waals surface area contributed by atoms with E-state index >= 15 is 0 Å². The lowest BCUT2D eigenvalue weighted by molar-refractivity contribution is -0.131. The number of hydrogen-bond donors (Lipinski definition) is 1. The van der Waals surface area contributed by atoms with Crippen LogP contribution < -0.4 is 4.74 Å². The van der Waals surface area contributed by atoms with Gasteiger partial charge in [-0.3, -0.25) is 4.90 Å². The van der Waals surface area contributed by atoms with E-state index in [1.54, 1.807) is 6.08 Å². The Bertz CT molecular complexity index is 491. The molecule has 4 heteroatoms. The van der Waals surface area contributed by atoms with Crippen molar-refractivity contribution in [3.05, 3.63) is 35.9 Å². The van der Waals surface area contributed by atoms with E-state index in [4.69, 9.17) is 9.84 Å². The highest BCUT2D eigenvalue weighted by Crippen LogP contribution is 2.17. The molecule has 0 aliphatic carbocycles. The first-order valence-electron chi connectivity index (χ1n) is 7.50. The van der Waals surface area contributed by atoms with Crippen LogP contribution in [0.15, 0.2) is 30.3 Å². The highest BCUT2D eigenvalue weighted by atomic mass is 16.5. The Hall–Kier alpha value is -1.81. The predicted octanol–water partition coefficient (Wildman–Crippen LogP) is 2.90. The van der Waals surface area contributed by atoms with Crippen molar-refractivity contribution in [3.63, 3.8) is 0 Å². The number of likely N-dealkylation sites (tertiary alicyclic amines) is 1. The molecule has 1 aliphatic rings. The number of hydrogen-bond acceptors (Lipinski definition) is 3. The summed E-state index contributed by atoms with van der Waals surface area (Å²) in [5.74, 6) is 0.688. The normalized spacial score (nSPS) is 17.2. The third-order valence-corrected chi connectivity index (χ3v) is 3.83. The highest BCUT2D eigenvalue weighted by Gasteiger charge is 2.14. The molecule has 0 spiro atoms. The predicted molar refractivity (Wildman–Crippen MR) is 83.4 cm³/mol. The van der Waals surface area contributed by atoms with Crippen LogP contribution in [-0.2, 0) is 4.79 Å². The van der Waals surface area contributed by atoms with Gasteiger partial charge in [0.2, 0.25) is 0 Å². The zero-order valence-corrected chi connectivity index (χ0v) is 12.5. The molecule has 1 aliphatic heterocycles. The van der Waals surface area contributed by atoms with Crippen molar-refractivity contribution in [2.24, 2.45) is 5.92 Å². The standard InChI is InChI=1S/C17H23NO3/c1-14-7-9-18(10-8-14)11-12-21-16-4-2-3-15(13-16)5-6-17(19)20/h2-6,13-14H,7-12H2,1H3,(H,19,20). The lowest BCUT2D eigenvalue weighted by Crippen LogP contribution is -2.35. The molecule has 2 rings (SSSR count). The second kappa shape index (κ2) is 7.84. The number of carboxylic acids is 1. The van der Waals surface area contributed by atoms with E-state index in [9.17, 15) is 4.79 Å². The molecule has 4 nitrogen and oxygen atoms in total. The van der Waals surface area contributed by atoms with E-state index in [1.165, 1.54) is 12.8 Å². The minimum atomic E-state index is -0.944. The average molecular weight is 289 g/mol. The molecule has 1 fully saturated rings. The van der Waals surface area contributed by atoms with Crippen molar-refractivity contribution in [3.8, 4) is 5.75 Å². The third kappa shape index (κ3) is 5.60. The smallest absolute Gasteiger partial charge is 0.328 e. The maximum absolute atomic E-state index is 10.5. The third-order valence-electron chi connectivity index (χ3n) is 3.83. The Balaban J connectivity index is 1.78. The van der Waals surface area contributed by atoms with Gasteiger partial charge in [-0.2, -0.15) is 0 Å². The summed E-state index contributed by atoms with van der Waals surface area (Å²) in [5.41, 5.74) is 0.835. The van der Waals surface area contributed by atoms with Gasteiger partial charge in [-0.25, -0.2) is 4.79 Å². The second-order valence-electron chi connectivity index (χ2n) is 5.62. The molecule has 0 atom stereocenters. The quantitative estimate of drug-likeness (QED) is 0.818. The van der Waals surface area contributed by atoms with E-state index in [1.807, 2.05) is 24.3 Å². The summed E-state index contributed by atoms with van der Waals surface area (Å²) in [6.07, 6.45) is 5.25. The first-order chi connectivity index (χ1) is 10.1. The van der Waals surface area contributed by atoms with Gasteiger partial charge in [-0.1, -0.05) is 19.1 Å². The Morgan fingerprint density at radius 2 is 2.19 bits per heavy atom. The summed E-state index contributed by atoms with van der Waals surface area (Å²) in [7, 11) is 0. The molecule has 0 amide bonds. The lowest BCUT2D eigenvalue weighted by atomic mass is 9.99. The molecule has 0 saturated carbocycles. The monoisotopic (exact) mass is 289 g/mol. The summed E-state index contributed by atoms with van der Waals surface area (Å²) in [4.78, 5) is 12.9. The Morgan fingerprint density at radius 3 is 2.90 bits per heavy atom. The van der Waals surface area contributed by atoms with Gasteiger partial charge in [0.25, 0.3) is 0 Å². The lowest BCUT2D eigenvalue weighted by Gasteiger charge is -2.29. The Labute approximate surface area is 126 Å². The molecule has 21 heavy (non-hydrogen) atoms. The second-order valence-corrected chi connectivity index (χ2v) is 5.62. The highest BCUT2D eigenvalue weighted by molar-refractivity contribution is 5.85. The zero-order chi connectivity index (χ0) is 15.1. The molecule has 1 aromatic rings. The van der Waals surface area contributed by atoms with Gasteiger partial charge in [-0.05, 0) is 55.6 Å². The van der Waals surface area contributed by atoms with Gasteiger partial charge >= 0.3 is 5.97 Å². The number of aliphatic carboxylic acids is 1. The maximum Gasteiger partial charge on any atom is 0.328 e. The summed E-state index contributed by atoms with van der Waals surface area (Å²) in [6, 6.07) is 7.49. The van der Waals surface area contributed by atoms with Crippen molar-refractivity contribution in [2.75, 3.05) is 26.2 Å². The number of benzene rings is 1. The molecule has 0 radical (unpaired) electrons. The van der Waals surface area contributed by atoms with Crippen molar-refractivity contribution >= 4 is 12.0 Å². The van der Waals surface area contributed by atoms with Gasteiger partial charge in [0, 0.05) is 12.6 Å². The Morgan fingerprint density at radius 1 is 1.43 bits per heavy atom. The van der Waals surface area contributed by atoms with Crippen LogP contribution in [0.5, 0.6) is 5.75 Å². The number of rotatable bonds is 6. The summed E-state index contributed by atoms with van der Waals surface area (Å²) >= 11 is 0. The number of piperidine rings is 1. The van der Waals surface area contributed by atoms with E-state index in [0.29, 0.717) is 6.61 Å². The van der Waals surface area contributed by atoms with Crippen LogP contribution in [0.25, 0.3) is 6.08 Å². The molecule has 114 valence electrons. The summed E-state index contributed by atoms with van der Waals surface area (Å²) in [5, 5.41) is 8.62. The van der Waals surface area contributed by atoms with Crippen LogP contribution in [0.4, 0.5) is 0 Å². The summed E-state index contributed by atoms with van der Waals surface area (Å²) in [6.45, 7) is 6.24. The molecule has 1 N–H and O–H groups in total.